The lowest BCUT2D eigenvalue weighted by molar-refractivity contribution is -0.153. The fourth-order valence-corrected chi connectivity index (χ4v) is 2.35. The van der Waals surface area contributed by atoms with Crippen LogP contribution in [0.15, 0.2) is 29.2 Å². The standard InChI is InChI=1S/C13H12F3NO5S/c1-17-6-11(22-23(2,19)20)12(18)9-4-3-8(5-10(9)17)21-7-13(14,15)16/h3-6H,7H2,1-2H3. The van der Waals surface area contributed by atoms with Crippen molar-refractivity contribution in [2.24, 2.45) is 7.05 Å². The van der Waals surface area contributed by atoms with Gasteiger partial charge in [-0.15, -0.1) is 0 Å². The second-order valence-electron chi connectivity index (χ2n) is 4.80. The van der Waals surface area contributed by atoms with E-state index in [4.69, 9.17) is 0 Å². The Balaban J connectivity index is 2.47. The molecule has 23 heavy (non-hydrogen) atoms. The number of hydrogen-bond donors (Lipinski definition) is 0. The highest BCUT2D eigenvalue weighted by molar-refractivity contribution is 7.86. The van der Waals surface area contributed by atoms with Gasteiger partial charge in [-0.25, -0.2) is 0 Å². The summed E-state index contributed by atoms with van der Waals surface area (Å²) >= 11 is 0. The summed E-state index contributed by atoms with van der Waals surface area (Å²) in [7, 11) is -2.39. The fourth-order valence-electron chi connectivity index (χ4n) is 1.91. The average Bonchev–Trinajstić information content (AvgIpc) is 2.40. The zero-order valence-corrected chi connectivity index (χ0v) is 12.9. The molecule has 1 heterocycles. The van der Waals surface area contributed by atoms with Crippen molar-refractivity contribution in [1.82, 2.24) is 4.57 Å². The maximum Gasteiger partial charge on any atom is 0.422 e. The van der Waals surface area contributed by atoms with Crippen molar-refractivity contribution < 1.29 is 30.5 Å². The molecule has 0 amide bonds. The zero-order valence-electron chi connectivity index (χ0n) is 12.0. The maximum absolute atomic E-state index is 12.2. The average molecular weight is 351 g/mol. The van der Waals surface area contributed by atoms with Crippen LogP contribution in [0, 0.1) is 0 Å². The quantitative estimate of drug-likeness (QED) is 0.786. The summed E-state index contributed by atoms with van der Waals surface area (Å²) < 4.78 is 69.3. The van der Waals surface area contributed by atoms with Gasteiger partial charge in [-0.2, -0.15) is 21.6 Å². The van der Waals surface area contributed by atoms with Crippen LogP contribution in [0.3, 0.4) is 0 Å². The second kappa shape index (κ2) is 5.76. The molecule has 2 aromatic rings. The summed E-state index contributed by atoms with van der Waals surface area (Å²) in [5.74, 6) is -0.465. The first-order chi connectivity index (χ1) is 10.5. The van der Waals surface area contributed by atoms with Crippen LogP contribution >= 0.6 is 0 Å². The number of nitrogens with zero attached hydrogens (tertiary/aromatic N) is 1. The molecule has 6 nitrogen and oxygen atoms in total. The van der Waals surface area contributed by atoms with Crippen LogP contribution in [0.2, 0.25) is 0 Å². The van der Waals surface area contributed by atoms with Gasteiger partial charge in [0.25, 0.3) is 0 Å². The predicted octanol–water partition coefficient (Wildman–Crippen LogP) is 1.82. The third-order valence-electron chi connectivity index (χ3n) is 2.77. The van der Waals surface area contributed by atoms with E-state index in [0.717, 1.165) is 12.5 Å². The SMILES string of the molecule is Cn1cc(OS(C)(=O)=O)c(=O)c2ccc(OCC(F)(F)F)cc21. The molecule has 0 saturated heterocycles. The number of benzene rings is 1. The maximum atomic E-state index is 12.2. The van der Waals surface area contributed by atoms with Crippen molar-refractivity contribution in [1.29, 1.82) is 0 Å². The van der Waals surface area contributed by atoms with E-state index in [1.807, 2.05) is 0 Å². The van der Waals surface area contributed by atoms with Crippen molar-refractivity contribution in [2.45, 2.75) is 6.18 Å². The molecule has 0 radical (unpaired) electrons. The topological polar surface area (TPSA) is 74.6 Å². The third kappa shape index (κ3) is 4.38. The van der Waals surface area contributed by atoms with Crippen LogP contribution in [-0.2, 0) is 17.2 Å². The van der Waals surface area contributed by atoms with Crippen molar-refractivity contribution in [2.75, 3.05) is 12.9 Å². The lowest BCUT2D eigenvalue weighted by Crippen LogP contribution is -2.19. The minimum Gasteiger partial charge on any atom is -0.484 e. The summed E-state index contributed by atoms with van der Waals surface area (Å²) in [4.78, 5) is 12.2. The molecule has 0 spiro atoms. The van der Waals surface area contributed by atoms with Crippen LogP contribution in [0.4, 0.5) is 13.2 Å². The van der Waals surface area contributed by atoms with Crippen molar-refractivity contribution in [3.63, 3.8) is 0 Å². The first-order valence-electron chi connectivity index (χ1n) is 6.19. The smallest absolute Gasteiger partial charge is 0.422 e. The number of halogens is 3. The second-order valence-corrected chi connectivity index (χ2v) is 6.38. The number of fused-ring (bicyclic) bond motifs is 1. The monoisotopic (exact) mass is 351 g/mol. The summed E-state index contributed by atoms with van der Waals surface area (Å²) in [5.41, 5.74) is -0.415. The molecule has 0 unspecified atom stereocenters. The Labute approximate surface area is 129 Å². The Morgan fingerprint density at radius 1 is 1.26 bits per heavy atom. The van der Waals surface area contributed by atoms with E-state index in [9.17, 15) is 26.4 Å². The number of alkyl halides is 3. The molecule has 0 aliphatic carbocycles. The van der Waals surface area contributed by atoms with Crippen LogP contribution < -0.4 is 14.3 Å². The highest BCUT2D eigenvalue weighted by atomic mass is 32.2. The van der Waals surface area contributed by atoms with E-state index in [2.05, 4.69) is 8.92 Å². The minimum atomic E-state index is -4.48. The summed E-state index contributed by atoms with van der Waals surface area (Å²) in [6, 6.07) is 3.70. The Morgan fingerprint density at radius 2 is 1.91 bits per heavy atom. The molecule has 0 aliphatic rings. The summed E-state index contributed by atoms with van der Waals surface area (Å²) in [5, 5.41) is 0.0907. The molecule has 0 N–H and O–H groups in total. The molecule has 1 aromatic carbocycles. The highest BCUT2D eigenvalue weighted by Crippen LogP contribution is 2.23. The van der Waals surface area contributed by atoms with Crippen LogP contribution in [0.5, 0.6) is 11.5 Å². The molecular formula is C13H12F3NO5S. The van der Waals surface area contributed by atoms with E-state index in [1.165, 1.54) is 29.8 Å². The number of pyridine rings is 1. The highest BCUT2D eigenvalue weighted by Gasteiger charge is 2.28. The number of rotatable bonds is 4. The molecule has 0 bridgehead atoms. The summed E-state index contributed by atoms with van der Waals surface area (Å²) in [6.07, 6.45) is -2.54. The number of hydrogen-bond acceptors (Lipinski definition) is 5. The predicted molar refractivity (Wildman–Crippen MR) is 76.2 cm³/mol. The third-order valence-corrected chi connectivity index (χ3v) is 3.25. The van der Waals surface area contributed by atoms with E-state index in [0.29, 0.717) is 0 Å². The van der Waals surface area contributed by atoms with Gasteiger partial charge in [-0.3, -0.25) is 4.79 Å². The van der Waals surface area contributed by atoms with Crippen molar-refractivity contribution in [3.8, 4) is 11.5 Å². The Kier molecular flexibility index (Phi) is 4.29. The van der Waals surface area contributed by atoms with Gasteiger partial charge in [0.15, 0.2) is 6.61 Å². The van der Waals surface area contributed by atoms with Crippen LogP contribution in [0.1, 0.15) is 0 Å². The molecule has 0 saturated carbocycles. The van der Waals surface area contributed by atoms with Crippen LogP contribution in [0.25, 0.3) is 10.9 Å². The lowest BCUT2D eigenvalue weighted by Gasteiger charge is -2.12. The van der Waals surface area contributed by atoms with Gasteiger partial charge in [0.1, 0.15) is 5.75 Å². The Hall–Kier alpha value is -2.23. The zero-order chi connectivity index (χ0) is 17.4. The van der Waals surface area contributed by atoms with E-state index < -0.39 is 34.1 Å². The van der Waals surface area contributed by atoms with Gasteiger partial charge in [-0.05, 0) is 12.1 Å². The number of ether oxygens (including phenoxy) is 1. The first-order valence-corrected chi connectivity index (χ1v) is 8.00. The number of aromatic nitrogens is 1. The first kappa shape index (κ1) is 17.1. The molecule has 0 atom stereocenters. The van der Waals surface area contributed by atoms with Gasteiger partial charge in [0, 0.05) is 18.5 Å². The molecule has 2 rings (SSSR count). The van der Waals surface area contributed by atoms with Gasteiger partial charge >= 0.3 is 16.3 Å². The molecular weight excluding hydrogens is 339 g/mol. The molecule has 126 valence electrons. The molecule has 0 fully saturated rings. The summed E-state index contributed by atoms with van der Waals surface area (Å²) in [6.45, 7) is -1.46. The van der Waals surface area contributed by atoms with Gasteiger partial charge in [-0.1, -0.05) is 0 Å². The van der Waals surface area contributed by atoms with Crippen molar-refractivity contribution >= 4 is 21.0 Å². The van der Waals surface area contributed by atoms with Gasteiger partial charge < -0.3 is 13.5 Å². The molecule has 1 aromatic heterocycles. The Morgan fingerprint density at radius 3 is 2.48 bits per heavy atom. The van der Waals surface area contributed by atoms with Gasteiger partial charge in [0.05, 0.1) is 18.0 Å². The van der Waals surface area contributed by atoms with Gasteiger partial charge in [0.2, 0.25) is 11.2 Å². The van der Waals surface area contributed by atoms with Crippen molar-refractivity contribution in [3.05, 3.63) is 34.6 Å². The molecule has 0 aliphatic heterocycles. The van der Waals surface area contributed by atoms with E-state index in [-0.39, 0.29) is 16.7 Å². The normalized spacial score (nSPS) is 12.4. The van der Waals surface area contributed by atoms with E-state index in [1.54, 1.807) is 0 Å². The van der Waals surface area contributed by atoms with Crippen LogP contribution in [-0.4, -0.2) is 32.0 Å². The lowest BCUT2D eigenvalue weighted by atomic mass is 10.2. The molecule has 10 heteroatoms. The Bertz CT molecular complexity index is 902. The number of aryl methyl sites for hydroxylation is 1. The van der Waals surface area contributed by atoms with E-state index >= 15 is 0 Å². The largest absolute Gasteiger partial charge is 0.484 e. The fraction of sp³-hybridized carbons (Fsp3) is 0.308. The minimum absolute atomic E-state index is 0.0680.